The summed E-state index contributed by atoms with van der Waals surface area (Å²) in [4.78, 5) is 26.4. The highest BCUT2D eigenvalue weighted by Gasteiger charge is 2.45. The predicted octanol–water partition coefficient (Wildman–Crippen LogP) is 2.57. The smallest absolute Gasteiger partial charge is 0.230 e. The van der Waals surface area contributed by atoms with Crippen LogP contribution in [0.2, 0.25) is 0 Å². The molecule has 2 amide bonds. The van der Waals surface area contributed by atoms with Crippen molar-refractivity contribution in [1.82, 2.24) is 15.1 Å². The van der Waals surface area contributed by atoms with Crippen LogP contribution in [0.25, 0.3) is 0 Å². The van der Waals surface area contributed by atoms with Crippen LogP contribution in [-0.2, 0) is 9.59 Å². The fourth-order valence-corrected chi connectivity index (χ4v) is 3.74. The number of hydrogen-bond donors (Lipinski definition) is 1. The van der Waals surface area contributed by atoms with Gasteiger partial charge in [-0.3, -0.25) is 19.6 Å². The number of carbonyl (C=O) groups excluding carboxylic acids is 2. The van der Waals surface area contributed by atoms with Crippen LogP contribution in [0, 0.1) is 5.41 Å². The Morgan fingerprint density at radius 1 is 1.20 bits per heavy atom. The van der Waals surface area contributed by atoms with Crippen molar-refractivity contribution in [3.63, 3.8) is 0 Å². The van der Waals surface area contributed by atoms with Crippen LogP contribution >= 0.6 is 0 Å². The standard InChI is InChI=1S/C15H21N3O2/c1-11(12-9-16-17-10-12)18-13(19)7-15(8-14(18)20)5-3-2-4-6-15/h9-11H,2-8H2,1H3,(H,16,17). The number of amides is 2. The molecule has 1 aromatic heterocycles. The Morgan fingerprint density at radius 3 is 2.40 bits per heavy atom. The average Bonchev–Trinajstić information content (AvgIpc) is 2.92. The number of hydrogen-bond acceptors (Lipinski definition) is 3. The molecule has 1 aliphatic carbocycles. The first-order chi connectivity index (χ1) is 9.61. The molecule has 1 atom stereocenters. The summed E-state index contributed by atoms with van der Waals surface area (Å²) in [5.41, 5.74) is 0.838. The molecule has 1 aromatic rings. The van der Waals surface area contributed by atoms with E-state index in [2.05, 4.69) is 10.2 Å². The summed E-state index contributed by atoms with van der Waals surface area (Å²) < 4.78 is 0. The second kappa shape index (κ2) is 5.04. The summed E-state index contributed by atoms with van der Waals surface area (Å²) in [6.07, 6.45) is 10.1. The molecule has 1 saturated heterocycles. The van der Waals surface area contributed by atoms with Gasteiger partial charge in [-0.1, -0.05) is 19.3 Å². The molecule has 20 heavy (non-hydrogen) atoms. The summed E-state index contributed by atoms with van der Waals surface area (Å²) in [6, 6.07) is -0.227. The highest BCUT2D eigenvalue weighted by Crippen LogP contribution is 2.46. The average molecular weight is 275 g/mol. The van der Waals surface area contributed by atoms with Gasteiger partial charge in [-0.25, -0.2) is 0 Å². The van der Waals surface area contributed by atoms with Crippen molar-refractivity contribution in [2.45, 2.75) is 57.9 Å². The summed E-state index contributed by atoms with van der Waals surface area (Å²) in [6.45, 7) is 1.89. The molecule has 1 unspecified atom stereocenters. The van der Waals surface area contributed by atoms with Gasteiger partial charge >= 0.3 is 0 Å². The fraction of sp³-hybridized carbons (Fsp3) is 0.667. The molecule has 5 nitrogen and oxygen atoms in total. The van der Waals surface area contributed by atoms with E-state index in [0.717, 1.165) is 31.2 Å². The number of piperidine rings is 1. The molecule has 0 radical (unpaired) electrons. The lowest BCUT2D eigenvalue weighted by atomic mass is 9.67. The summed E-state index contributed by atoms with van der Waals surface area (Å²) in [5.74, 6) is -0.0336. The van der Waals surface area contributed by atoms with E-state index in [1.807, 2.05) is 6.92 Å². The second-order valence-corrected chi connectivity index (χ2v) is 6.28. The van der Waals surface area contributed by atoms with Crippen molar-refractivity contribution in [1.29, 1.82) is 0 Å². The van der Waals surface area contributed by atoms with Gasteiger partial charge in [0.25, 0.3) is 0 Å². The molecule has 5 heteroatoms. The Bertz CT molecular complexity index is 483. The number of aromatic nitrogens is 2. The highest BCUT2D eigenvalue weighted by molar-refractivity contribution is 5.99. The SMILES string of the molecule is CC(c1cn[nH]c1)N1C(=O)CC2(CCCCC2)CC1=O. The summed E-state index contributed by atoms with van der Waals surface area (Å²) >= 11 is 0. The molecule has 0 aromatic carbocycles. The molecular formula is C15H21N3O2. The number of nitrogens with zero attached hydrogens (tertiary/aromatic N) is 2. The number of nitrogens with one attached hydrogen (secondary N) is 1. The Labute approximate surface area is 118 Å². The van der Waals surface area contributed by atoms with Gasteiger partial charge < -0.3 is 0 Å². The zero-order valence-electron chi connectivity index (χ0n) is 11.9. The molecule has 1 aliphatic heterocycles. The predicted molar refractivity (Wildman–Crippen MR) is 73.6 cm³/mol. The third-order valence-electron chi connectivity index (χ3n) is 4.89. The van der Waals surface area contributed by atoms with E-state index >= 15 is 0 Å². The van der Waals surface area contributed by atoms with Crippen LogP contribution in [0.3, 0.4) is 0 Å². The highest BCUT2D eigenvalue weighted by atomic mass is 16.2. The number of imide groups is 1. The molecule has 3 rings (SSSR count). The van der Waals surface area contributed by atoms with Crippen LogP contribution in [-0.4, -0.2) is 26.9 Å². The monoisotopic (exact) mass is 275 g/mol. The van der Waals surface area contributed by atoms with Crippen molar-refractivity contribution >= 4 is 11.8 Å². The minimum Gasteiger partial charge on any atom is -0.285 e. The fourth-order valence-electron chi connectivity index (χ4n) is 3.74. The van der Waals surface area contributed by atoms with Crippen molar-refractivity contribution in [3.05, 3.63) is 18.0 Å². The molecular weight excluding hydrogens is 254 g/mol. The first-order valence-corrected chi connectivity index (χ1v) is 7.45. The van der Waals surface area contributed by atoms with Crippen LogP contribution in [0.5, 0.6) is 0 Å². The largest absolute Gasteiger partial charge is 0.285 e. The van der Waals surface area contributed by atoms with Gasteiger partial charge in [0.15, 0.2) is 0 Å². The van der Waals surface area contributed by atoms with E-state index in [1.165, 1.54) is 11.3 Å². The van der Waals surface area contributed by atoms with E-state index in [4.69, 9.17) is 0 Å². The number of likely N-dealkylation sites (tertiary alicyclic amines) is 1. The molecule has 2 aliphatic rings. The number of H-pyrrole nitrogens is 1. The third-order valence-corrected chi connectivity index (χ3v) is 4.89. The maximum atomic E-state index is 12.5. The molecule has 1 spiro atoms. The second-order valence-electron chi connectivity index (χ2n) is 6.28. The zero-order valence-corrected chi connectivity index (χ0v) is 11.9. The van der Waals surface area contributed by atoms with Gasteiger partial charge in [0, 0.05) is 24.6 Å². The normalized spacial score (nSPS) is 24.1. The van der Waals surface area contributed by atoms with Crippen molar-refractivity contribution in [2.24, 2.45) is 5.41 Å². The van der Waals surface area contributed by atoms with E-state index in [9.17, 15) is 9.59 Å². The Morgan fingerprint density at radius 2 is 1.85 bits per heavy atom. The molecule has 0 bridgehead atoms. The van der Waals surface area contributed by atoms with Crippen LogP contribution in [0.15, 0.2) is 12.4 Å². The quantitative estimate of drug-likeness (QED) is 0.844. The summed E-state index contributed by atoms with van der Waals surface area (Å²) in [5, 5.41) is 6.63. The lowest BCUT2D eigenvalue weighted by Crippen LogP contribution is -2.49. The number of rotatable bonds is 2. The van der Waals surface area contributed by atoms with Gasteiger partial charge in [-0.05, 0) is 25.2 Å². The molecule has 1 saturated carbocycles. The minimum absolute atomic E-state index is 0.0168. The number of carbonyl (C=O) groups is 2. The van der Waals surface area contributed by atoms with Crippen LogP contribution in [0.1, 0.15) is 63.5 Å². The van der Waals surface area contributed by atoms with Crippen molar-refractivity contribution in [3.8, 4) is 0 Å². The van der Waals surface area contributed by atoms with E-state index < -0.39 is 0 Å². The van der Waals surface area contributed by atoms with Crippen LogP contribution < -0.4 is 0 Å². The van der Waals surface area contributed by atoms with Gasteiger partial charge in [0.1, 0.15) is 0 Å². The lowest BCUT2D eigenvalue weighted by molar-refractivity contribution is -0.157. The molecule has 1 N–H and O–H groups in total. The Balaban J connectivity index is 1.79. The topological polar surface area (TPSA) is 66.1 Å². The van der Waals surface area contributed by atoms with E-state index in [-0.39, 0.29) is 23.3 Å². The minimum atomic E-state index is -0.227. The maximum Gasteiger partial charge on any atom is 0.230 e. The first kappa shape index (κ1) is 13.3. The zero-order chi connectivity index (χ0) is 14.2. The molecule has 108 valence electrons. The van der Waals surface area contributed by atoms with E-state index in [1.54, 1.807) is 12.4 Å². The maximum absolute atomic E-state index is 12.5. The van der Waals surface area contributed by atoms with Gasteiger partial charge in [-0.15, -0.1) is 0 Å². The Kier molecular flexibility index (Phi) is 3.36. The van der Waals surface area contributed by atoms with Crippen LogP contribution in [0.4, 0.5) is 0 Å². The van der Waals surface area contributed by atoms with Crippen molar-refractivity contribution in [2.75, 3.05) is 0 Å². The van der Waals surface area contributed by atoms with Gasteiger partial charge in [0.05, 0.1) is 12.2 Å². The first-order valence-electron chi connectivity index (χ1n) is 7.45. The Hall–Kier alpha value is -1.65. The van der Waals surface area contributed by atoms with Gasteiger partial charge in [0.2, 0.25) is 11.8 Å². The molecule has 2 fully saturated rings. The molecule has 2 heterocycles. The summed E-state index contributed by atoms with van der Waals surface area (Å²) in [7, 11) is 0. The number of aromatic amines is 1. The van der Waals surface area contributed by atoms with Crippen molar-refractivity contribution < 1.29 is 9.59 Å². The van der Waals surface area contributed by atoms with E-state index in [0.29, 0.717) is 12.8 Å². The van der Waals surface area contributed by atoms with Gasteiger partial charge in [-0.2, -0.15) is 5.10 Å². The third kappa shape index (κ3) is 2.25. The lowest BCUT2D eigenvalue weighted by Gasteiger charge is -2.43.